The van der Waals surface area contributed by atoms with E-state index in [4.69, 9.17) is 5.73 Å². The average Bonchev–Trinajstić information content (AvgIpc) is 2.04. The summed E-state index contributed by atoms with van der Waals surface area (Å²) in [4.78, 5) is 0. The minimum Gasteiger partial charge on any atom is -0.380 e. The third-order valence-electron chi connectivity index (χ3n) is 2.79. The Balaban J connectivity index is 2.57. The lowest BCUT2D eigenvalue weighted by Crippen LogP contribution is -2.48. The van der Waals surface area contributed by atoms with Crippen LogP contribution in [0.5, 0.6) is 0 Å². The largest absolute Gasteiger partial charge is 0.417 e. The molecule has 1 fully saturated rings. The van der Waals surface area contributed by atoms with Crippen LogP contribution in [0.4, 0.5) is 13.2 Å². The summed E-state index contributed by atoms with van der Waals surface area (Å²) >= 11 is 0. The van der Waals surface area contributed by atoms with Crippen LogP contribution >= 0.6 is 0 Å². The lowest BCUT2D eigenvalue weighted by molar-refractivity contribution is -0.271. The van der Waals surface area contributed by atoms with Gasteiger partial charge in [0.15, 0.2) is 5.60 Å². The molecular formula is C8H14F3NO. The number of aliphatic hydroxyl groups is 1. The van der Waals surface area contributed by atoms with Crippen LogP contribution < -0.4 is 5.73 Å². The smallest absolute Gasteiger partial charge is 0.380 e. The standard InChI is InChI=1S/C8H14F3NO/c9-8(10,11)7(13)3-1-6(5-12)2-4-7/h6,13H,1-5,12H2. The van der Waals surface area contributed by atoms with Crippen molar-refractivity contribution in [3.8, 4) is 0 Å². The number of hydrogen-bond acceptors (Lipinski definition) is 2. The van der Waals surface area contributed by atoms with Gasteiger partial charge in [0.25, 0.3) is 0 Å². The van der Waals surface area contributed by atoms with Crippen molar-refractivity contribution in [3.63, 3.8) is 0 Å². The number of rotatable bonds is 1. The summed E-state index contributed by atoms with van der Waals surface area (Å²) in [7, 11) is 0. The van der Waals surface area contributed by atoms with Crippen LogP contribution in [0.2, 0.25) is 0 Å². The zero-order valence-electron chi connectivity index (χ0n) is 7.27. The molecule has 78 valence electrons. The quantitative estimate of drug-likeness (QED) is 0.668. The topological polar surface area (TPSA) is 46.2 Å². The zero-order chi connectivity index (χ0) is 10.1. The molecule has 3 N–H and O–H groups in total. The fourth-order valence-electron chi connectivity index (χ4n) is 1.67. The fraction of sp³-hybridized carbons (Fsp3) is 1.00. The first kappa shape index (κ1) is 10.8. The van der Waals surface area contributed by atoms with E-state index in [0.717, 1.165) is 0 Å². The number of nitrogens with two attached hydrogens (primary N) is 1. The Hall–Kier alpha value is -0.290. The molecule has 13 heavy (non-hydrogen) atoms. The van der Waals surface area contributed by atoms with E-state index in [2.05, 4.69) is 0 Å². The number of halogens is 3. The maximum Gasteiger partial charge on any atom is 0.417 e. The summed E-state index contributed by atoms with van der Waals surface area (Å²) in [6, 6.07) is 0. The van der Waals surface area contributed by atoms with E-state index in [0.29, 0.717) is 19.4 Å². The van der Waals surface area contributed by atoms with Crippen molar-refractivity contribution in [2.24, 2.45) is 11.7 Å². The highest BCUT2D eigenvalue weighted by Crippen LogP contribution is 2.42. The number of hydrogen-bond donors (Lipinski definition) is 2. The van der Waals surface area contributed by atoms with Crippen LogP contribution in [0, 0.1) is 5.92 Å². The molecule has 1 aliphatic rings. The minimum atomic E-state index is -4.49. The summed E-state index contributed by atoms with van der Waals surface area (Å²) in [5, 5.41) is 9.26. The lowest BCUT2D eigenvalue weighted by Gasteiger charge is -2.36. The Morgan fingerprint density at radius 2 is 1.77 bits per heavy atom. The van der Waals surface area contributed by atoms with Gasteiger partial charge in [0.05, 0.1) is 0 Å². The molecule has 0 spiro atoms. The monoisotopic (exact) mass is 197 g/mol. The van der Waals surface area contributed by atoms with Gasteiger partial charge in [0.2, 0.25) is 0 Å². The third-order valence-corrected chi connectivity index (χ3v) is 2.79. The molecule has 0 aromatic rings. The summed E-state index contributed by atoms with van der Waals surface area (Å²) in [6.45, 7) is 0.411. The van der Waals surface area contributed by atoms with Gasteiger partial charge >= 0.3 is 6.18 Å². The molecule has 0 heterocycles. The maximum atomic E-state index is 12.3. The van der Waals surface area contributed by atoms with Crippen LogP contribution in [0.15, 0.2) is 0 Å². The fourth-order valence-corrected chi connectivity index (χ4v) is 1.67. The molecule has 1 saturated carbocycles. The van der Waals surface area contributed by atoms with Crippen LogP contribution in [-0.4, -0.2) is 23.4 Å². The van der Waals surface area contributed by atoms with Crippen LogP contribution in [0.3, 0.4) is 0 Å². The SMILES string of the molecule is NCC1CCC(O)(C(F)(F)F)CC1. The lowest BCUT2D eigenvalue weighted by atomic mass is 9.78. The van der Waals surface area contributed by atoms with Gasteiger partial charge in [-0.2, -0.15) is 13.2 Å². The third kappa shape index (κ3) is 2.14. The van der Waals surface area contributed by atoms with E-state index in [1.54, 1.807) is 0 Å². The van der Waals surface area contributed by atoms with Crippen LogP contribution in [-0.2, 0) is 0 Å². The van der Waals surface area contributed by atoms with Gasteiger partial charge in [-0.25, -0.2) is 0 Å². The Morgan fingerprint density at radius 3 is 2.08 bits per heavy atom. The number of alkyl halides is 3. The first-order chi connectivity index (χ1) is 5.89. The highest BCUT2D eigenvalue weighted by molar-refractivity contribution is 4.91. The van der Waals surface area contributed by atoms with Crippen LogP contribution in [0.1, 0.15) is 25.7 Å². The molecule has 0 aromatic heterocycles. The van der Waals surface area contributed by atoms with Gasteiger partial charge in [0, 0.05) is 0 Å². The minimum absolute atomic E-state index is 0.141. The van der Waals surface area contributed by atoms with Gasteiger partial charge in [-0.05, 0) is 38.1 Å². The van der Waals surface area contributed by atoms with Crippen LogP contribution in [0.25, 0.3) is 0 Å². The van der Waals surface area contributed by atoms with Crippen molar-refractivity contribution >= 4 is 0 Å². The molecule has 0 amide bonds. The molecule has 2 nitrogen and oxygen atoms in total. The Bertz CT molecular complexity index is 173. The van der Waals surface area contributed by atoms with Crippen molar-refractivity contribution in [2.45, 2.75) is 37.5 Å². The molecule has 1 aliphatic carbocycles. The first-order valence-electron chi connectivity index (χ1n) is 4.38. The summed E-state index contributed by atoms with van der Waals surface area (Å²) in [5.41, 5.74) is 2.88. The second-order valence-electron chi connectivity index (χ2n) is 3.71. The second kappa shape index (κ2) is 3.46. The summed E-state index contributed by atoms with van der Waals surface area (Å²) in [6.07, 6.45) is -4.18. The Labute approximate surface area is 74.9 Å². The van der Waals surface area contributed by atoms with Gasteiger partial charge in [0.1, 0.15) is 0 Å². The average molecular weight is 197 g/mol. The summed E-state index contributed by atoms with van der Waals surface area (Å²) < 4.78 is 36.8. The van der Waals surface area contributed by atoms with E-state index < -0.39 is 11.8 Å². The molecule has 0 aromatic carbocycles. The van der Waals surface area contributed by atoms with Crippen molar-refractivity contribution in [3.05, 3.63) is 0 Å². The molecule has 0 unspecified atom stereocenters. The molecule has 0 saturated heterocycles. The molecule has 5 heteroatoms. The van der Waals surface area contributed by atoms with Crippen molar-refractivity contribution in [1.29, 1.82) is 0 Å². The van der Waals surface area contributed by atoms with Gasteiger partial charge in [-0.3, -0.25) is 0 Å². The molecule has 0 bridgehead atoms. The Kier molecular flexibility index (Phi) is 2.87. The van der Waals surface area contributed by atoms with E-state index in [9.17, 15) is 18.3 Å². The summed E-state index contributed by atoms with van der Waals surface area (Å²) in [5.74, 6) is 0.141. The van der Waals surface area contributed by atoms with Crippen molar-refractivity contribution < 1.29 is 18.3 Å². The predicted molar refractivity (Wildman–Crippen MR) is 42.0 cm³/mol. The molecule has 1 rings (SSSR count). The Morgan fingerprint density at radius 1 is 1.31 bits per heavy atom. The molecule has 0 aliphatic heterocycles. The van der Waals surface area contributed by atoms with E-state index in [1.807, 2.05) is 0 Å². The highest BCUT2D eigenvalue weighted by atomic mass is 19.4. The molecular weight excluding hydrogens is 183 g/mol. The van der Waals surface area contributed by atoms with E-state index >= 15 is 0 Å². The molecule has 0 atom stereocenters. The predicted octanol–water partition coefficient (Wildman–Crippen LogP) is 1.43. The zero-order valence-corrected chi connectivity index (χ0v) is 7.27. The first-order valence-corrected chi connectivity index (χ1v) is 4.38. The molecule has 0 radical (unpaired) electrons. The van der Waals surface area contributed by atoms with E-state index in [-0.39, 0.29) is 18.8 Å². The highest BCUT2D eigenvalue weighted by Gasteiger charge is 2.54. The van der Waals surface area contributed by atoms with Gasteiger partial charge < -0.3 is 10.8 Å². The second-order valence-corrected chi connectivity index (χ2v) is 3.71. The van der Waals surface area contributed by atoms with Gasteiger partial charge in [-0.1, -0.05) is 0 Å². The van der Waals surface area contributed by atoms with Crippen molar-refractivity contribution in [1.82, 2.24) is 0 Å². The van der Waals surface area contributed by atoms with Crippen molar-refractivity contribution in [2.75, 3.05) is 6.54 Å². The van der Waals surface area contributed by atoms with Gasteiger partial charge in [-0.15, -0.1) is 0 Å². The normalized spacial score (nSPS) is 36.2. The maximum absolute atomic E-state index is 12.3. The van der Waals surface area contributed by atoms with E-state index in [1.165, 1.54) is 0 Å².